The van der Waals surface area contributed by atoms with Crippen molar-refractivity contribution in [3.8, 4) is 0 Å². The maximum Gasteiger partial charge on any atom is 0.229 e. The Balaban J connectivity index is 1.78. The molecule has 3 heterocycles. The van der Waals surface area contributed by atoms with Gasteiger partial charge in [0, 0.05) is 30.3 Å². The van der Waals surface area contributed by atoms with Gasteiger partial charge in [0.05, 0.1) is 11.6 Å². The first-order valence-corrected chi connectivity index (χ1v) is 9.13. The molecule has 0 saturated carbocycles. The Morgan fingerprint density at radius 1 is 1.12 bits per heavy atom. The van der Waals surface area contributed by atoms with Crippen molar-refractivity contribution in [3.63, 3.8) is 0 Å². The van der Waals surface area contributed by atoms with Crippen molar-refractivity contribution in [1.29, 1.82) is 0 Å². The third-order valence-electron chi connectivity index (χ3n) is 4.42. The van der Waals surface area contributed by atoms with Crippen LogP contribution in [0.25, 0.3) is 11.0 Å². The minimum Gasteiger partial charge on any atom is -0.341 e. The lowest BCUT2D eigenvalue weighted by atomic mass is 10.3. The number of fused-ring (bicyclic) bond motifs is 1. The van der Waals surface area contributed by atoms with Crippen LogP contribution < -0.4 is 10.2 Å². The molecule has 4 rings (SSSR count). The van der Waals surface area contributed by atoms with Crippen LogP contribution in [0.5, 0.6) is 0 Å². The van der Waals surface area contributed by atoms with Gasteiger partial charge in [0.15, 0.2) is 5.65 Å². The van der Waals surface area contributed by atoms with Crippen molar-refractivity contribution in [1.82, 2.24) is 19.7 Å². The zero-order valence-electron chi connectivity index (χ0n) is 14.2. The lowest BCUT2D eigenvalue weighted by Gasteiger charge is -2.17. The molecule has 3 aromatic rings. The van der Waals surface area contributed by atoms with Crippen LogP contribution in [0.3, 0.4) is 0 Å². The number of nitrogens with zero attached hydrogens (tertiary/aromatic N) is 5. The summed E-state index contributed by atoms with van der Waals surface area (Å²) in [5.74, 6) is 1.57. The van der Waals surface area contributed by atoms with Gasteiger partial charge in [-0.2, -0.15) is 15.1 Å². The van der Waals surface area contributed by atoms with E-state index in [1.165, 1.54) is 12.8 Å². The molecule has 1 saturated heterocycles. The van der Waals surface area contributed by atoms with Crippen molar-refractivity contribution in [3.05, 3.63) is 35.5 Å². The van der Waals surface area contributed by atoms with E-state index in [1.54, 1.807) is 0 Å². The zero-order valence-corrected chi connectivity index (χ0v) is 15.0. The molecule has 7 heteroatoms. The molecule has 0 aliphatic carbocycles. The van der Waals surface area contributed by atoms with Gasteiger partial charge in [-0.3, -0.25) is 0 Å². The van der Waals surface area contributed by atoms with Gasteiger partial charge in [0.1, 0.15) is 5.82 Å². The van der Waals surface area contributed by atoms with Crippen LogP contribution in [0.1, 0.15) is 26.2 Å². The Hall–Kier alpha value is -2.34. The quantitative estimate of drug-likeness (QED) is 0.741. The van der Waals surface area contributed by atoms with Gasteiger partial charge < -0.3 is 10.2 Å². The highest BCUT2D eigenvalue weighted by Crippen LogP contribution is 2.28. The highest BCUT2D eigenvalue weighted by molar-refractivity contribution is 6.30. The summed E-state index contributed by atoms with van der Waals surface area (Å²) in [4.78, 5) is 11.8. The molecule has 0 bridgehead atoms. The molecule has 0 amide bonds. The lowest BCUT2D eigenvalue weighted by Crippen LogP contribution is -2.21. The zero-order chi connectivity index (χ0) is 17.2. The van der Waals surface area contributed by atoms with E-state index in [1.807, 2.05) is 35.1 Å². The fraction of sp³-hybridized carbons (Fsp3) is 0.389. The van der Waals surface area contributed by atoms with Crippen LogP contribution in [0.15, 0.2) is 30.5 Å². The number of nitrogens with one attached hydrogen (secondary N) is 1. The van der Waals surface area contributed by atoms with Crippen molar-refractivity contribution < 1.29 is 0 Å². The lowest BCUT2D eigenvalue weighted by molar-refractivity contribution is 0.616. The first kappa shape index (κ1) is 16.1. The van der Waals surface area contributed by atoms with E-state index in [9.17, 15) is 0 Å². The predicted molar refractivity (Wildman–Crippen MR) is 102 cm³/mol. The van der Waals surface area contributed by atoms with Crippen LogP contribution >= 0.6 is 11.6 Å². The summed E-state index contributed by atoms with van der Waals surface area (Å²) in [6, 6.07) is 7.62. The monoisotopic (exact) mass is 356 g/mol. The van der Waals surface area contributed by atoms with Gasteiger partial charge >= 0.3 is 0 Å². The third-order valence-corrected chi connectivity index (χ3v) is 4.67. The first-order valence-electron chi connectivity index (χ1n) is 8.75. The molecule has 0 atom stereocenters. The number of aromatic nitrogens is 4. The van der Waals surface area contributed by atoms with Crippen LogP contribution in [0.4, 0.5) is 17.5 Å². The molecule has 1 N–H and O–H groups in total. The number of rotatable bonds is 5. The summed E-state index contributed by atoms with van der Waals surface area (Å²) in [6.07, 6.45) is 5.24. The summed E-state index contributed by atoms with van der Waals surface area (Å²) in [7, 11) is 0. The maximum atomic E-state index is 5.99. The fourth-order valence-corrected chi connectivity index (χ4v) is 3.27. The molecule has 1 aromatic carbocycles. The van der Waals surface area contributed by atoms with E-state index in [0.29, 0.717) is 5.02 Å². The third kappa shape index (κ3) is 3.26. The molecule has 1 fully saturated rings. The Kier molecular flexibility index (Phi) is 4.44. The largest absolute Gasteiger partial charge is 0.341 e. The standard InChI is InChI=1S/C18H21ClN6/c1-2-9-25-17-15(12-20-25)16(21-14-7-5-13(19)6-8-14)22-18(23-17)24-10-3-4-11-24/h5-8,12H,2-4,9-11H2,1H3,(H,21,22,23). The summed E-state index contributed by atoms with van der Waals surface area (Å²) in [5.41, 5.74) is 1.83. The topological polar surface area (TPSA) is 58.9 Å². The minimum absolute atomic E-state index is 0.715. The highest BCUT2D eigenvalue weighted by Gasteiger charge is 2.19. The molecular weight excluding hydrogens is 336 g/mol. The molecule has 130 valence electrons. The van der Waals surface area contributed by atoms with Crippen molar-refractivity contribution in [2.24, 2.45) is 0 Å². The number of anilines is 3. The van der Waals surface area contributed by atoms with E-state index in [-0.39, 0.29) is 0 Å². The normalized spacial score (nSPS) is 14.4. The summed E-state index contributed by atoms with van der Waals surface area (Å²) in [6.45, 7) is 5.00. The van der Waals surface area contributed by atoms with E-state index in [0.717, 1.165) is 54.5 Å². The number of benzene rings is 1. The van der Waals surface area contributed by atoms with E-state index >= 15 is 0 Å². The average Bonchev–Trinajstić information content (AvgIpc) is 3.28. The minimum atomic E-state index is 0.715. The number of hydrogen-bond donors (Lipinski definition) is 1. The molecule has 1 aliphatic heterocycles. The molecule has 25 heavy (non-hydrogen) atoms. The number of aryl methyl sites for hydroxylation is 1. The van der Waals surface area contributed by atoms with E-state index in [2.05, 4.69) is 22.2 Å². The Morgan fingerprint density at radius 3 is 2.60 bits per heavy atom. The maximum absolute atomic E-state index is 5.99. The van der Waals surface area contributed by atoms with Gasteiger partial charge in [-0.15, -0.1) is 0 Å². The van der Waals surface area contributed by atoms with E-state index in [4.69, 9.17) is 21.6 Å². The molecule has 0 radical (unpaired) electrons. The van der Waals surface area contributed by atoms with Gasteiger partial charge in [-0.25, -0.2) is 4.68 Å². The summed E-state index contributed by atoms with van der Waals surface area (Å²) < 4.78 is 1.96. The van der Waals surface area contributed by atoms with Crippen LogP contribution in [0, 0.1) is 0 Å². The second-order valence-electron chi connectivity index (χ2n) is 6.30. The number of halogens is 1. The Morgan fingerprint density at radius 2 is 1.88 bits per heavy atom. The predicted octanol–water partition coefficient (Wildman–Crippen LogP) is 4.23. The fourth-order valence-electron chi connectivity index (χ4n) is 3.14. The Labute approximate surface area is 151 Å². The molecule has 6 nitrogen and oxygen atoms in total. The first-order chi connectivity index (χ1) is 12.2. The van der Waals surface area contributed by atoms with Crippen LogP contribution in [-0.2, 0) is 6.54 Å². The van der Waals surface area contributed by atoms with Crippen molar-refractivity contribution in [2.75, 3.05) is 23.3 Å². The van der Waals surface area contributed by atoms with Crippen LogP contribution in [0.2, 0.25) is 5.02 Å². The second-order valence-corrected chi connectivity index (χ2v) is 6.74. The molecular formula is C18H21ClN6. The molecule has 0 unspecified atom stereocenters. The highest BCUT2D eigenvalue weighted by atomic mass is 35.5. The van der Waals surface area contributed by atoms with Gasteiger partial charge in [0.2, 0.25) is 5.95 Å². The van der Waals surface area contributed by atoms with Crippen LogP contribution in [-0.4, -0.2) is 32.8 Å². The summed E-state index contributed by atoms with van der Waals surface area (Å²) >= 11 is 5.99. The molecule has 0 spiro atoms. The molecule has 1 aliphatic rings. The smallest absolute Gasteiger partial charge is 0.229 e. The van der Waals surface area contributed by atoms with Crippen molar-refractivity contribution >= 4 is 40.1 Å². The van der Waals surface area contributed by atoms with Gasteiger partial charge in [-0.05, 0) is 43.5 Å². The van der Waals surface area contributed by atoms with Gasteiger partial charge in [0.25, 0.3) is 0 Å². The van der Waals surface area contributed by atoms with E-state index < -0.39 is 0 Å². The molecule has 2 aromatic heterocycles. The Bertz CT molecular complexity index is 867. The average molecular weight is 357 g/mol. The number of hydrogen-bond acceptors (Lipinski definition) is 5. The van der Waals surface area contributed by atoms with Crippen molar-refractivity contribution in [2.45, 2.75) is 32.7 Å². The SMILES string of the molecule is CCCn1ncc2c(Nc3ccc(Cl)cc3)nc(N3CCCC3)nc21. The summed E-state index contributed by atoms with van der Waals surface area (Å²) in [5, 5.41) is 9.56. The second kappa shape index (κ2) is 6.88. The van der Waals surface area contributed by atoms with Gasteiger partial charge in [-0.1, -0.05) is 18.5 Å².